The molecule has 4 rings (SSSR count). The number of anilines is 1. The summed E-state index contributed by atoms with van der Waals surface area (Å²) in [5, 5.41) is 11.1. The first-order valence-corrected chi connectivity index (χ1v) is 9.64. The highest BCUT2D eigenvalue weighted by molar-refractivity contribution is 5.89. The van der Waals surface area contributed by atoms with Crippen LogP contribution in [0.3, 0.4) is 0 Å². The van der Waals surface area contributed by atoms with E-state index in [9.17, 15) is 4.79 Å². The van der Waals surface area contributed by atoms with Crippen molar-refractivity contribution in [3.05, 3.63) is 47.3 Å². The molecule has 0 spiro atoms. The second kappa shape index (κ2) is 8.10. The van der Waals surface area contributed by atoms with E-state index in [0.717, 1.165) is 48.6 Å². The van der Waals surface area contributed by atoms with Gasteiger partial charge < -0.3 is 19.9 Å². The highest BCUT2D eigenvalue weighted by atomic mass is 16.6. The standard InChI is InChI=1S/C20H26N4O3/c1-14(15-2-4-17(5-3-15)24-10-11-26-20(24)25)22-13-18-12-19(23-27-18)16-6-8-21-9-7-16/h2-5,12,14,16,21-22H,6-11,13H2,1H3. The summed E-state index contributed by atoms with van der Waals surface area (Å²) in [6, 6.07) is 10.3. The van der Waals surface area contributed by atoms with Gasteiger partial charge in [-0.25, -0.2) is 4.79 Å². The molecule has 1 unspecified atom stereocenters. The van der Waals surface area contributed by atoms with Crippen LogP contribution >= 0.6 is 0 Å². The number of aromatic nitrogens is 1. The van der Waals surface area contributed by atoms with E-state index < -0.39 is 0 Å². The maximum Gasteiger partial charge on any atom is 0.414 e. The molecule has 1 aromatic carbocycles. The van der Waals surface area contributed by atoms with Gasteiger partial charge in [-0.05, 0) is 50.6 Å². The summed E-state index contributed by atoms with van der Waals surface area (Å²) in [5.74, 6) is 1.37. The first kappa shape index (κ1) is 18.0. The molecule has 7 nitrogen and oxygen atoms in total. The first-order valence-electron chi connectivity index (χ1n) is 9.64. The second-order valence-corrected chi connectivity index (χ2v) is 7.20. The van der Waals surface area contributed by atoms with Gasteiger partial charge in [0.25, 0.3) is 0 Å². The topological polar surface area (TPSA) is 79.6 Å². The van der Waals surface area contributed by atoms with Crippen LogP contribution in [0.4, 0.5) is 10.5 Å². The molecular formula is C20H26N4O3. The molecule has 27 heavy (non-hydrogen) atoms. The van der Waals surface area contributed by atoms with Gasteiger partial charge in [0.15, 0.2) is 5.76 Å². The zero-order chi connectivity index (χ0) is 18.6. The average Bonchev–Trinajstić information content (AvgIpc) is 3.36. The summed E-state index contributed by atoms with van der Waals surface area (Å²) in [4.78, 5) is 13.3. The van der Waals surface area contributed by atoms with E-state index in [2.05, 4.69) is 28.8 Å². The van der Waals surface area contributed by atoms with E-state index in [1.54, 1.807) is 4.90 Å². The highest BCUT2D eigenvalue weighted by Gasteiger charge is 2.23. The predicted molar refractivity (Wildman–Crippen MR) is 102 cm³/mol. The van der Waals surface area contributed by atoms with E-state index in [-0.39, 0.29) is 12.1 Å². The van der Waals surface area contributed by atoms with Crippen LogP contribution in [-0.2, 0) is 11.3 Å². The molecule has 0 aliphatic carbocycles. The molecule has 1 amide bonds. The maximum atomic E-state index is 11.6. The Morgan fingerprint density at radius 1 is 1.30 bits per heavy atom. The number of nitrogens with zero attached hydrogens (tertiary/aromatic N) is 2. The number of amides is 1. The number of piperidine rings is 1. The molecule has 0 bridgehead atoms. The van der Waals surface area contributed by atoms with Crippen LogP contribution in [0.2, 0.25) is 0 Å². The second-order valence-electron chi connectivity index (χ2n) is 7.20. The Bertz CT molecular complexity index is 768. The Morgan fingerprint density at radius 3 is 2.78 bits per heavy atom. The lowest BCUT2D eigenvalue weighted by atomic mass is 9.94. The zero-order valence-corrected chi connectivity index (χ0v) is 15.6. The summed E-state index contributed by atoms with van der Waals surface area (Å²) in [6.45, 7) is 5.91. The number of hydrogen-bond donors (Lipinski definition) is 2. The Kier molecular flexibility index (Phi) is 5.40. The number of hydrogen-bond acceptors (Lipinski definition) is 6. The van der Waals surface area contributed by atoms with Gasteiger partial charge in [0.05, 0.1) is 18.8 Å². The Balaban J connectivity index is 1.32. The van der Waals surface area contributed by atoms with Crippen molar-refractivity contribution in [3.63, 3.8) is 0 Å². The number of nitrogens with one attached hydrogen (secondary N) is 2. The van der Waals surface area contributed by atoms with Crippen LogP contribution in [0.5, 0.6) is 0 Å². The van der Waals surface area contributed by atoms with E-state index in [4.69, 9.17) is 9.26 Å². The molecule has 144 valence electrons. The normalized spacial score (nSPS) is 19.3. The van der Waals surface area contributed by atoms with Crippen LogP contribution in [0.25, 0.3) is 0 Å². The van der Waals surface area contributed by atoms with E-state index in [1.807, 2.05) is 24.3 Å². The molecule has 7 heteroatoms. The Hall–Kier alpha value is -2.38. The monoisotopic (exact) mass is 370 g/mol. The Labute approximate surface area is 159 Å². The quantitative estimate of drug-likeness (QED) is 0.814. The minimum absolute atomic E-state index is 0.164. The molecule has 2 aliphatic rings. The third-order valence-electron chi connectivity index (χ3n) is 5.38. The lowest BCUT2D eigenvalue weighted by molar-refractivity contribution is 0.181. The molecule has 3 heterocycles. The average molecular weight is 370 g/mol. The van der Waals surface area contributed by atoms with Gasteiger partial charge >= 0.3 is 6.09 Å². The van der Waals surface area contributed by atoms with E-state index >= 15 is 0 Å². The van der Waals surface area contributed by atoms with Crippen molar-refractivity contribution < 1.29 is 14.1 Å². The zero-order valence-electron chi connectivity index (χ0n) is 15.6. The van der Waals surface area contributed by atoms with E-state index in [0.29, 0.717) is 25.6 Å². The summed E-state index contributed by atoms with van der Waals surface area (Å²) in [5.41, 5.74) is 3.10. The molecule has 1 atom stereocenters. The fourth-order valence-electron chi connectivity index (χ4n) is 3.66. The van der Waals surface area contributed by atoms with Gasteiger partial charge in [-0.3, -0.25) is 4.90 Å². The van der Waals surface area contributed by atoms with Crippen LogP contribution in [0, 0.1) is 0 Å². The van der Waals surface area contributed by atoms with Crippen molar-refractivity contribution in [1.29, 1.82) is 0 Å². The minimum atomic E-state index is -0.274. The molecule has 2 fully saturated rings. The van der Waals surface area contributed by atoms with Crippen molar-refractivity contribution in [2.45, 2.75) is 38.3 Å². The SMILES string of the molecule is CC(NCc1cc(C2CCNCC2)no1)c1ccc(N2CCOC2=O)cc1. The molecule has 0 radical (unpaired) electrons. The number of ether oxygens (including phenoxy) is 1. The van der Waals surface area contributed by atoms with Gasteiger partial charge in [0.1, 0.15) is 6.61 Å². The van der Waals surface area contributed by atoms with Crippen LogP contribution < -0.4 is 15.5 Å². The minimum Gasteiger partial charge on any atom is -0.447 e. The van der Waals surface area contributed by atoms with Crippen molar-refractivity contribution in [1.82, 2.24) is 15.8 Å². The van der Waals surface area contributed by atoms with Gasteiger partial charge in [0.2, 0.25) is 0 Å². The van der Waals surface area contributed by atoms with Gasteiger partial charge in [0, 0.05) is 23.7 Å². The first-order chi connectivity index (χ1) is 13.2. The Morgan fingerprint density at radius 2 is 2.07 bits per heavy atom. The molecular weight excluding hydrogens is 344 g/mol. The lowest BCUT2D eigenvalue weighted by Gasteiger charge is -2.19. The van der Waals surface area contributed by atoms with Gasteiger partial charge in [-0.1, -0.05) is 17.3 Å². The van der Waals surface area contributed by atoms with E-state index in [1.165, 1.54) is 0 Å². The number of rotatable bonds is 6. The fourth-order valence-corrected chi connectivity index (χ4v) is 3.66. The molecule has 2 aliphatic heterocycles. The van der Waals surface area contributed by atoms with Gasteiger partial charge in [-0.15, -0.1) is 0 Å². The smallest absolute Gasteiger partial charge is 0.414 e. The van der Waals surface area contributed by atoms with Crippen LogP contribution in [0.1, 0.15) is 48.7 Å². The molecule has 1 aromatic heterocycles. The summed E-state index contributed by atoms with van der Waals surface area (Å²) < 4.78 is 10.5. The van der Waals surface area contributed by atoms with Gasteiger partial charge in [-0.2, -0.15) is 0 Å². The summed E-state index contributed by atoms with van der Waals surface area (Å²) in [7, 11) is 0. The van der Waals surface area contributed by atoms with Crippen molar-refractivity contribution in [2.75, 3.05) is 31.1 Å². The molecule has 0 saturated carbocycles. The number of cyclic esters (lactones) is 1. The molecule has 2 aromatic rings. The number of carbonyl (C=O) groups is 1. The number of benzene rings is 1. The highest BCUT2D eigenvalue weighted by Crippen LogP contribution is 2.25. The molecule has 2 saturated heterocycles. The third-order valence-corrected chi connectivity index (χ3v) is 5.38. The van der Waals surface area contributed by atoms with Crippen molar-refractivity contribution in [3.8, 4) is 0 Å². The largest absolute Gasteiger partial charge is 0.447 e. The number of carbonyl (C=O) groups excluding carboxylic acids is 1. The summed E-state index contributed by atoms with van der Waals surface area (Å²) >= 11 is 0. The third kappa shape index (κ3) is 4.14. The lowest BCUT2D eigenvalue weighted by Crippen LogP contribution is -2.26. The fraction of sp³-hybridized carbons (Fsp3) is 0.500. The van der Waals surface area contributed by atoms with Crippen LogP contribution in [0.15, 0.2) is 34.9 Å². The maximum absolute atomic E-state index is 11.6. The van der Waals surface area contributed by atoms with Crippen molar-refractivity contribution >= 4 is 11.8 Å². The van der Waals surface area contributed by atoms with Crippen LogP contribution in [-0.4, -0.2) is 37.5 Å². The predicted octanol–water partition coefficient (Wildman–Crippen LogP) is 2.95. The van der Waals surface area contributed by atoms with Crippen molar-refractivity contribution in [2.24, 2.45) is 0 Å². The molecule has 2 N–H and O–H groups in total. The summed E-state index contributed by atoms with van der Waals surface area (Å²) in [6.07, 6.45) is 1.96.